The maximum Gasteiger partial charge on any atom is 0.287 e. The van der Waals surface area contributed by atoms with Gasteiger partial charge in [0.15, 0.2) is 0 Å². The van der Waals surface area contributed by atoms with Crippen LogP contribution < -0.4 is 10.7 Å². The molecule has 4 rings (SSSR count). The Morgan fingerprint density at radius 2 is 1.56 bits per heavy atom. The maximum atomic E-state index is 13.0. The Morgan fingerprint density at radius 1 is 0.917 bits per heavy atom. The fraction of sp³-hybridized carbons (Fsp3) is 0.0370. The third-order valence-corrected chi connectivity index (χ3v) is 5.82. The van der Waals surface area contributed by atoms with Crippen molar-refractivity contribution >= 4 is 47.3 Å². The summed E-state index contributed by atoms with van der Waals surface area (Å²) in [6.45, 7) is 1.79. The normalized spacial score (nSPS) is 11.5. The Labute approximate surface area is 218 Å². The zero-order chi connectivity index (χ0) is 25.5. The Morgan fingerprint density at radius 3 is 2.25 bits per heavy atom. The topological polar surface area (TPSA) is 88.4 Å². The maximum absolute atomic E-state index is 13.0. The third kappa shape index (κ3) is 5.89. The third-order valence-electron chi connectivity index (χ3n) is 5.13. The van der Waals surface area contributed by atoms with E-state index in [0.29, 0.717) is 22.0 Å². The summed E-state index contributed by atoms with van der Waals surface area (Å²) < 4.78 is 1.59. The number of rotatable bonds is 7. The molecular formula is C27H21Cl2N5O2. The van der Waals surface area contributed by atoms with Gasteiger partial charge in [-0.25, -0.2) is 10.1 Å². The predicted octanol–water partition coefficient (Wildman–Crippen LogP) is 5.41. The van der Waals surface area contributed by atoms with Crippen molar-refractivity contribution in [2.45, 2.75) is 6.92 Å². The van der Waals surface area contributed by atoms with Gasteiger partial charge in [0.05, 0.1) is 33.7 Å². The smallest absolute Gasteiger partial charge is 0.287 e. The fourth-order valence-corrected chi connectivity index (χ4v) is 3.87. The Hall–Kier alpha value is -4.20. The monoisotopic (exact) mass is 517 g/mol. The van der Waals surface area contributed by atoms with Crippen molar-refractivity contribution in [3.63, 3.8) is 0 Å². The summed E-state index contributed by atoms with van der Waals surface area (Å²) in [6.07, 6.45) is 2.96. The van der Waals surface area contributed by atoms with Gasteiger partial charge in [0.1, 0.15) is 10.9 Å². The van der Waals surface area contributed by atoms with Crippen molar-refractivity contribution in [3.8, 4) is 5.69 Å². The molecule has 0 fully saturated rings. The average molecular weight is 518 g/mol. The van der Waals surface area contributed by atoms with E-state index >= 15 is 0 Å². The molecule has 2 N–H and O–H groups in total. The van der Waals surface area contributed by atoms with Crippen molar-refractivity contribution in [1.82, 2.24) is 20.5 Å². The van der Waals surface area contributed by atoms with E-state index in [1.807, 2.05) is 48.5 Å². The van der Waals surface area contributed by atoms with Crippen LogP contribution in [0.3, 0.4) is 0 Å². The molecule has 0 aliphatic carbocycles. The number of benzene rings is 3. The number of nitrogens with one attached hydrogen (secondary N) is 2. The van der Waals surface area contributed by atoms with Gasteiger partial charge in [-0.3, -0.25) is 9.59 Å². The van der Waals surface area contributed by atoms with E-state index in [2.05, 4.69) is 20.9 Å². The lowest BCUT2D eigenvalue weighted by molar-refractivity contribution is -0.117. The number of halogens is 2. The molecule has 3 aromatic carbocycles. The van der Waals surface area contributed by atoms with Crippen LogP contribution in [-0.2, 0) is 4.79 Å². The molecule has 0 spiro atoms. The molecule has 1 aromatic heterocycles. The largest absolute Gasteiger partial charge is 0.317 e. The molecule has 0 saturated carbocycles. The summed E-state index contributed by atoms with van der Waals surface area (Å²) in [5.41, 5.74) is 5.37. The number of hydrogen-bond acceptors (Lipinski definition) is 4. The van der Waals surface area contributed by atoms with Gasteiger partial charge in [-0.05, 0) is 42.8 Å². The van der Waals surface area contributed by atoms with Crippen molar-refractivity contribution in [2.24, 2.45) is 5.10 Å². The molecule has 0 bridgehead atoms. The van der Waals surface area contributed by atoms with E-state index in [0.717, 1.165) is 5.69 Å². The zero-order valence-electron chi connectivity index (χ0n) is 19.2. The highest BCUT2D eigenvalue weighted by molar-refractivity contribution is 6.34. The summed E-state index contributed by atoms with van der Waals surface area (Å²) in [7, 11) is 0. The lowest BCUT2D eigenvalue weighted by Gasteiger charge is -2.10. The standard InChI is InChI=1S/C27H21Cl2N5O2/c1-18-22(25(29)34(33-18)20-12-6-3-7-13-20)17-30-32-27(36)24(16-19-10-4-2-5-11-19)31-26(35)21-14-8-9-15-23(21)28/h2-17H,1H3,(H,31,35)(H,32,36)/b24-16+,30-17?. The molecule has 4 aromatic rings. The van der Waals surface area contributed by atoms with Crippen LogP contribution in [0.2, 0.25) is 10.2 Å². The molecule has 1 heterocycles. The van der Waals surface area contributed by atoms with Crippen molar-refractivity contribution in [1.29, 1.82) is 0 Å². The van der Waals surface area contributed by atoms with Crippen LogP contribution in [0.15, 0.2) is 95.7 Å². The molecule has 0 aliphatic heterocycles. The molecule has 180 valence electrons. The van der Waals surface area contributed by atoms with E-state index in [4.69, 9.17) is 23.2 Å². The SMILES string of the molecule is Cc1nn(-c2ccccc2)c(Cl)c1C=NNC(=O)/C(=C\c1ccccc1)NC(=O)c1ccccc1Cl. The molecule has 0 aliphatic rings. The van der Waals surface area contributed by atoms with Gasteiger partial charge in [-0.2, -0.15) is 10.2 Å². The number of carbonyl (C=O) groups is 2. The van der Waals surface area contributed by atoms with Crippen molar-refractivity contribution < 1.29 is 9.59 Å². The minimum absolute atomic E-state index is 0.00827. The second kappa shape index (κ2) is 11.5. The molecule has 0 unspecified atom stereocenters. The molecule has 0 radical (unpaired) electrons. The minimum Gasteiger partial charge on any atom is -0.317 e. The van der Waals surface area contributed by atoms with Crippen LogP contribution in [0.1, 0.15) is 27.2 Å². The molecule has 9 heteroatoms. The van der Waals surface area contributed by atoms with Crippen LogP contribution in [0, 0.1) is 6.92 Å². The lowest BCUT2D eigenvalue weighted by Crippen LogP contribution is -2.33. The van der Waals surface area contributed by atoms with Crippen molar-refractivity contribution in [3.05, 3.63) is 123 Å². The molecule has 2 amide bonds. The van der Waals surface area contributed by atoms with Gasteiger partial charge in [0.2, 0.25) is 0 Å². The number of aryl methyl sites for hydroxylation is 1. The van der Waals surface area contributed by atoms with Crippen molar-refractivity contribution in [2.75, 3.05) is 0 Å². The molecule has 7 nitrogen and oxygen atoms in total. The Kier molecular flexibility index (Phi) is 7.95. The second-order valence-corrected chi connectivity index (χ2v) is 8.40. The minimum atomic E-state index is -0.625. The summed E-state index contributed by atoms with van der Waals surface area (Å²) in [5, 5.41) is 11.8. The van der Waals surface area contributed by atoms with Gasteiger partial charge in [-0.1, -0.05) is 83.9 Å². The second-order valence-electron chi connectivity index (χ2n) is 7.64. The van der Waals surface area contributed by atoms with Crippen LogP contribution in [0.4, 0.5) is 0 Å². The average Bonchev–Trinajstić information content (AvgIpc) is 3.18. The lowest BCUT2D eigenvalue weighted by atomic mass is 10.1. The molecule has 0 atom stereocenters. The highest BCUT2D eigenvalue weighted by atomic mass is 35.5. The highest BCUT2D eigenvalue weighted by Crippen LogP contribution is 2.22. The first kappa shape index (κ1) is 24.9. The molecule has 36 heavy (non-hydrogen) atoms. The first-order valence-electron chi connectivity index (χ1n) is 10.9. The van der Waals surface area contributed by atoms with E-state index in [9.17, 15) is 9.59 Å². The number of hydrazone groups is 1. The van der Waals surface area contributed by atoms with E-state index in [-0.39, 0.29) is 16.3 Å². The summed E-state index contributed by atoms with van der Waals surface area (Å²) >= 11 is 12.7. The van der Waals surface area contributed by atoms with Crippen LogP contribution in [0.5, 0.6) is 0 Å². The van der Waals surface area contributed by atoms with Gasteiger partial charge in [0.25, 0.3) is 11.8 Å². The van der Waals surface area contributed by atoms with Crippen LogP contribution in [-0.4, -0.2) is 27.8 Å². The van der Waals surface area contributed by atoms with E-state index < -0.39 is 11.8 Å². The van der Waals surface area contributed by atoms with Gasteiger partial charge >= 0.3 is 0 Å². The Balaban J connectivity index is 1.55. The quantitative estimate of drug-likeness (QED) is 0.195. The number of aromatic nitrogens is 2. The Bertz CT molecular complexity index is 1450. The summed E-state index contributed by atoms with van der Waals surface area (Å²) in [6, 6.07) is 25.1. The number of amides is 2. The summed E-state index contributed by atoms with van der Waals surface area (Å²) in [5.74, 6) is -1.15. The van der Waals surface area contributed by atoms with Gasteiger partial charge in [-0.15, -0.1) is 0 Å². The summed E-state index contributed by atoms with van der Waals surface area (Å²) in [4.78, 5) is 25.8. The first-order valence-corrected chi connectivity index (χ1v) is 11.7. The highest BCUT2D eigenvalue weighted by Gasteiger charge is 2.17. The zero-order valence-corrected chi connectivity index (χ0v) is 20.7. The van der Waals surface area contributed by atoms with E-state index in [1.54, 1.807) is 54.1 Å². The number of para-hydroxylation sites is 1. The molecular weight excluding hydrogens is 497 g/mol. The number of carbonyl (C=O) groups excluding carboxylic acids is 2. The van der Waals surface area contributed by atoms with Crippen LogP contribution in [0.25, 0.3) is 11.8 Å². The van der Waals surface area contributed by atoms with Crippen LogP contribution >= 0.6 is 23.2 Å². The first-order chi connectivity index (χ1) is 17.4. The van der Waals surface area contributed by atoms with E-state index in [1.165, 1.54) is 6.21 Å². The predicted molar refractivity (Wildman–Crippen MR) is 142 cm³/mol. The van der Waals surface area contributed by atoms with Gasteiger partial charge in [0, 0.05) is 0 Å². The fourth-order valence-electron chi connectivity index (χ4n) is 3.32. The van der Waals surface area contributed by atoms with Gasteiger partial charge < -0.3 is 5.32 Å². The molecule has 0 saturated heterocycles. The number of nitrogens with zero attached hydrogens (tertiary/aromatic N) is 3. The number of hydrogen-bond donors (Lipinski definition) is 2.